The highest BCUT2D eigenvalue weighted by atomic mass is 32.1. The van der Waals surface area contributed by atoms with E-state index >= 15 is 0 Å². The highest BCUT2D eigenvalue weighted by molar-refractivity contribution is 7.16. The Hall–Kier alpha value is -2.89. The summed E-state index contributed by atoms with van der Waals surface area (Å²) in [7, 11) is 1.58. The zero-order valence-electron chi connectivity index (χ0n) is 21.7. The van der Waals surface area contributed by atoms with E-state index in [0.717, 1.165) is 28.0 Å². The number of aromatic nitrogens is 1. The fraction of sp³-hybridized carbons (Fsp3) is 0.429. The molecule has 0 aliphatic heterocycles. The Morgan fingerprint density at radius 3 is 2.38 bits per heavy atom. The third-order valence-electron chi connectivity index (χ3n) is 6.53. The zero-order valence-corrected chi connectivity index (χ0v) is 22.5. The van der Waals surface area contributed by atoms with Gasteiger partial charge in [-0.2, -0.15) is 13.2 Å². The van der Waals surface area contributed by atoms with Gasteiger partial charge in [-0.15, -0.1) is 11.3 Å². The molecule has 0 saturated heterocycles. The predicted molar refractivity (Wildman–Crippen MR) is 144 cm³/mol. The molecular weight excluding hydrogens is 535 g/mol. The summed E-state index contributed by atoms with van der Waals surface area (Å²) >= 11 is 0.977. The molecule has 4 rings (SSSR count). The van der Waals surface area contributed by atoms with Crippen LogP contribution < -0.4 is 15.4 Å². The molecule has 210 valence electrons. The van der Waals surface area contributed by atoms with Crippen LogP contribution in [0.25, 0.3) is 11.1 Å². The number of benzene rings is 1. The van der Waals surface area contributed by atoms with Gasteiger partial charge in [0.25, 0.3) is 5.92 Å². The minimum atomic E-state index is -4.32. The van der Waals surface area contributed by atoms with Gasteiger partial charge in [0.1, 0.15) is 10.8 Å². The van der Waals surface area contributed by atoms with Crippen molar-refractivity contribution in [3.8, 4) is 16.9 Å². The Kier molecular flexibility index (Phi) is 9.35. The molecule has 1 aromatic carbocycles. The number of pyridine rings is 1. The van der Waals surface area contributed by atoms with Crippen molar-refractivity contribution < 1.29 is 26.7 Å². The van der Waals surface area contributed by atoms with Gasteiger partial charge in [-0.3, -0.25) is 9.98 Å². The summed E-state index contributed by atoms with van der Waals surface area (Å²) in [4.78, 5) is 8.50. The Balaban J connectivity index is 1.35. The van der Waals surface area contributed by atoms with Gasteiger partial charge in [0.15, 0.2) is 0 Å². The van der Waals surface area contributed by atoms with Crippen molar-refractivity contribution in [1.82, 2.24) is 15.6 Å². The van der Waals surface area contributed by atoms with E-state index < -0.39 is 30.6 Å². The molecule has 11 heteroatoms. The van der Waals surface area contributed by atoms with E-state index in [9.17, 15) is 22.0 Å². The lowest BCUT2D eigenvalue weighted by Gasteiger charge is -2.36. The second kappa shape index (κ2) is 12.5. The molecule has 2 unspecified atom stereocenters. The first kappa shape index (κ1) is 29.1. The lowest BCUT2D eigenvalue weighted by Crippen LogP contribution is -2.48. The zero-order chi connectivity index (χ0) is 28.0. The van der Waals surface area contributed by atoms with Crippen LogP contribution in [0.15, 0.2) is 53.8 Å². The van der Waals surface area contributed by atoms with Crippen LogP contribution in [0.4, 0.5) is 27.0 Å². The van der Waals surface area contributed by atoms with Gasteiger partial charge >= 0.3 is 6.18 Å². The van der Waals surface area contributed by atoms with Crippen molar-refractivity contribution in [3.63, 3.8) is 0 Å². The van der Waals surface area contributed by atoms with E-state index in [-0.39, 0.29) is 24.3 Å². The molecule has 2 N–H and O–H groups in total. The number of hydrogen-bond donors (Lipinski definition) is 2. The second-order valence-corrected chi connectivity index (χ2v) is 10.8. The summed E-state index contributed by atoms with van der Waals surface area (Å²) < 4.78 is 73.0. The number of aliphatic imine (C=N–C) groups is 1. The molecule has 1 saturated carbocycles. The normalized spacial score (nSPS) is 19.5. The molecule has 39 heavy (non-hydrogen) atoms. The van der Waals surface area contributed by atoms with Crippen LogP contribution in [0.3, 0.4) is 0 Å². The molecule has 2 atom stereocenters. The maximum absolute atomic E-state index is 14.6. The molecule has 0 spiro atoms. The maximum Gasteiger partial charge on any atom is 0.393 e. The molecule has 1 aliphatic rings. The van der Waals surface area contributed by atoms with Crippen LogP contribution in [0, 0.1) is 0 Å². The van der Waals surface area contributed by atoms with Gasteiger partial charge < -0.3 is 15.4 Å². The summed E-state index contributed by atoms with van der Waals surface area (Å²) in [5, 5.41) is 6.88. The summed E-state index contributed by atoms with van der Waals surface area (Å²) in [5.74, 6) is -2.19. The van der Waals surface area contributed by atoms with E-state index in [1.165, 1.54) is 12.3 Å². The van der Waals surface area contributed by atoms with Gasteiger partial charge in [-0.05, 0) is 36.6 Å². The molecule has 5 nitrogen and oxygen atoms in total. The average molecular weight is 567 g/mol. The van der Waals surface area contributed by atoms with Crippen molar-refractivity contribution in [1.29, 1.82) is 0 Å². The molecule has 0 bridgehead atoms. The first-order valence-electron chi connectivity index (χ1n) is 12.6. The third-order valence-corrected chi connectivity index (χ3v) is 7.62. The van der Waals surface area contributed by atoms with Crippen LogP contribution in [0.2, 0.25) is 0 Å². The van der Waals surface area contributed by atoms with E-state index in [1.807, 2.05) is 30.3 Å². The highest BCUT2D eigenvalue weighted by Gasteiger charge is 2.41. The minimum absolute atomic E-state index is 0.155. The fourth-order valence-corrected chi connectivity index (χ4v) is 5.86. The van der Waals surface area contributed by atoms with E-state index in [0.29, 0.717) is 29.3 Å². The van der Waals surface area contributed by atoms with Gasteiger partial charge in [-0.25, -0.2) is 8.78 Å². The van der Waals surface area contributed by atoms with Crippen molar-refractivity contribution in [2.24, 2.45) is 4.99 Å². The second-order valence-electron chi connectivity index (χ2n) is 9.69. The third kappa shape index (κ3) is 8.55. The number of methoxy groups -OCH3 is 1. The summed E-state index contributed by atoms with van der Waals surface area (Å²) in [6, 6.07) is 10.3. The Morgan fingerprint density at radius 1 is 1.05 bits per heavy atom. The van der Waals surface area contributed by atoms with Crippen LogP contribution in [-0.4, -0.2) is 42.5 Å². The lowest BCUT2D eigenvalue weighted by molar-refractivity contribution is -0.126. The van der Waals surface area contributed by atoms with Crippen molar-refractivity contribution >= 4 is 22.6 Å². The first-order chi connectivity index (χ1) is 18.5. The molecule has 3 aromatic rings. The molecule has 1 aliphatic carbocycles. The molecule has 1 fully saturated rings. The number of hydrogen-bond acceptors (Lipinski definition) is 6. The molecule has 2 heterocycles. The van der Waals surface area contributed by atoms with E-state index in [2.05, 4.69) is 20.6 Å². The largest absolute Gasteiger partial charge is 0.495 e. The molecule has 0 amide bonds. The van der Waals surface area contributed by atoms with Gasteiger partial charge in [0, 0.05) is 66.4 Å². The average Bonchev–Trinajstić information content (AvgIpc) is 3.25. The number of ether oxygens (including phenoxy) is 1. The topological polar surface area (TPSA) is 58.5 Å². The minimum Gasteiger partial charge on any atom is -0.495 e. The number of halogens is 5. The number of rotatable bonds is 10. The Morgan fingerprint density at radius 2 is 1.74 bits per heavy atom. The standard InChI is InChI=1S/C28H31F5N4OS/c1-3-35-26-21(9-25(39-26)13-28(31,32)33)16-37-23-10-22(11-27(29,30)12-23)36-14-18-4-6-19(7-5-18)20-8-24(38-2)17-34-15-20/h3-9,15,17,22-23,36-37H,10-14,16H2,1-2H3. The van der Waals surface area contributed by atoms with Crippen LogP contribution in [0.1, 0.15) is 42.2 Å². The molecule has 0 radical (unpaired) electrons. The maximum atomic E-state index is 14.6. The highest BCUT2D eigenvalue weighted by Crippen LogP contribution is 2.37. The number of nitrogens with one attached hydrogen (secondary N) is 2. The SMILES string of the molecule is CC=Nc1sc(CC(F)(F)F)cc1CNC1CC(NCc2ccc(-c3cncc(OC)c3)cc2)CC(F)(F)C1. The number of alkyl halides is 5. The van der Waals surface area contributed by atoms with E-state index in [4.69, 9.17) is 4.74 Å². The predicted octanol–water partition coefficient (Wildman–Crippen LogP) is 7.08. The molecular formula is C28H31F5N4OS. The van der Waals surface area contributed by atoms with Gasteiger partial charge in [0.05, 0.1) is 19.7 Å². The number of thiophene rings is 1. The number of nitrogens with zero attached hydrogens (tertiary/aromatic N) is 2. The van der Waals surface area contributed by atoms with Crippen LogP contribution in [-0.2, 0) is 19.5 Å². The van der Waals surface area contributed by atoms with Crippen LogP contribution in [0.5, 0.6) is 5.75 Å². The monoisotopic (exact) mass is 566 g/mol. The summed E-state index contributed by atoms with van der Waals surface area (Å²) in [6.45, 7) is 2.29. The summed E-state index contributed by atoms with van der Waals surface area (Å²) in [6.07, 6.45) is -0.560. The van der Waals surface area contributed by atoms with Crippen LogP contribution >= 0.6 is 11.3 Å². The lowest BCUT2D eigenvalue weighted by atomic mass is 9.87. The van der Waals surface area contributed by atoms with Crippen molar-refractivity contribution in [2.45, 2.75) is 69.9 Å². The van der Waals surface area contributed by atoms with Crippen molar-refractivity contribution in [3.05, 3.63) is 64.8 Å². The van der Waals surface area contributed by atoms with Gasteiger partial charge in [0.2, 0.25) is 0 Å². The molecule has 2 aromatic heterocycles. The quantitative estimate of drug-likeness (QED) is 0.203. The smallest absolute Gasteiger partial charge is 0.393 e. The summed E-state index contributed by atoms with van der Waals surface area (Å²) in [5.41, 5.74) is 3.43. The Bertz CT molecular complexity index is 1260. The van der Waals surface area contributed by atoms with Crippen molar-refractivity contribution in [2.75, 3.05) is 7.11 Å². The first-order valence-corrected chi connectivity index (χ1v) is 13.4. The van der Waals surface area contributed by atoms with Gasteiger partial charge in [-0.1, -0.05) is 24.3 Å². The Labute approximate surface area is 228 Å². The van der Waals surface area contributed by atoms with E-state index in [1.54, 1.807) is 26.4 Å². The fourth-order valence-electron chi connectivity index (χ4n) is 4.76.